The minimum Gasteiger partial charge on any atom is -0.497 e. The van der Waals surface area contributed by atoms with Crippen molar-refractivity contribution in [2.75, 3.05) is 38.3 Å². The standard InChI is InChI=1S/C22H23N3O3/c1-26-17-8-6-16(7-9-17)20-23-19-5-3-2-4-18(19)21(24-20)25-12-10-22(11-13-25)27-14-15-28-22/h2-9H,10-15H2,1H3. The second kappa shape index (κ2) is 7.04. The second-order valence-electron chi connectivity index (χ2n) is 7.21. The van der Waals surface area contributed by atoms with Crippen molar-refractivity contribution < 1.29 is 14.2 Å². The van der Waals surface area contributed by atoms with E-state index in [9.17, 15) is 0 Å². The molecule has 0 saturated carbocycles. The van der Waals surface area contributed by atoms with Gasteiger partial charge in [0.05, 0.1) is 25.8 Å². The van der Waals surface area contributed by atoms with E-state index in [0.29, 0.717) is 13.2 Å². The third-order valence-electron chi connectivity index (χ3n) is 5.57. The normalized spacial score (nSPS) is 18.7. The van der Waals surface area contributed by atoms with E-state index in [1.54, 1.807) is 7.11 Å². The highest BCUT2D eigenvalue weighted by Gasteiger charge is 2.40. The summed E-state index contributed by atoms with van der Waals surface area (Å²) in [4.78, 5) is 12.1. The Kier molecular flexibility index (Phi) is 4.37. The maximum Gasteiger partial charge on any atom is 0.171 e. The molecule has 6 heteroatoms. The molecule has 0 N–H and O–H groups in total. The maximum absolute atomic E-state index is 5.87. The van der Waals surface area contributed by atoms with Gasteiger partial charge < -0.3 is 19.1 Å². The lowest BCUT2D eigenvalue weighted by molar-refractivity contribution is -0.169. The number of nitrogens with zero attached hydrogens (tertiary/aromatic N) is 3. The van der Waals surface area contributed by atoms with Crippen molar-refractivity contribution >= 4 is 16.7 Å². The Morgan fingerprint density at radius 3 is 2.36 bits per heavy atom. The van der Waals surface area contributed by atoms with Crippen LogP contribution in [0.4, 0.5) is 5.82 Å². The van der Waals surface area contributed by atoms with Crippen molar-refractivity contribution in [3.05, 3.63) is 48.5 Å². The first-order chi connectivity index (χ1) is 13.8. The van der Waals surface area contributed by atoms with E-state index < -0.39 is 5.79 Å². The van der Waals surface area contributed by atoms with Crippen LogP contribution >= 0.6 is 0 Å². The number of anilines is 1. The third kappa shape index (κ3) is 3.08. The lowest BCUT2D eigenvalue weighted by atomic mass is 10.0. The zero-order valence-electron chi connectivity index (χ0n) is 15.9. The fourth-order valence-corrected chi connectivity index (χ4v) is 4.01. The topological polar surface area (TPSA) is 56.7 Å². The predicted molar refractivity (Wildman–Crippen MR) is 108 cm³/mol. The van der Waals surface area contributed by atoms with E-state index in [2.05, 4.69) is 11.0 Å². The van der Waals surface area contributed by atoms with Gasteiger partial charge in [-0.3, -0.25) is 0 Å². The van der Waals surface area contributed by atoms with E-state index in [4.69, 9.17) is 24.2 Å². The lowest BCUT2D eigenvalue weighted by Gasteiger charge is -2.38. The molecule has 1 aromatic heterocycles. The SMILES string of the molecule is COc1ccc(-c2nc(N3CCC4(CC3)OCCO4)c3ccccc3n2)cc1. The number of aromatic nitrogens is 2. The Morgan fingerprint density at radius 1 is 0.929 bits per heavy atom. The minimum atomic E-state index is -0.391. The van der Waals surface area contributed by atoms with Crippen LogP contribution in [0, 0.1) is 0 Å². The van der Waals surface area contributed by atoms with Crippen LogP contribution in [0.5, 0.6) is 5.75 Å². The fraction of sp³-hybridized carbons (Fsp3) is 0.364. The summed E-state index contributed by atoms with van der Waals surface area (Å²) in [5, 5.41) is 1.07. The molecule has 2 saturated heterocycles. The van der Waals surface area contributed by atoms with Crippen LogP contribution in [0.25, 0.3) is 22.3 Å². The summed E-state index contributed by atoms with van der Waals surface area (Å²) in [7, 11) is 1.67. The fourth-order valence-electron chi connectivity index (χ4n) is 4.01. The van der Waals surface area contributed by atoms with Gasteiger partial charge in [0.15, 0.2) is 11.6 Å². The van der Waals surface area contributed by atoms with Gasteiger partial charge in [0.1, 0.15) is 11.6 Å². The molecule has 0 bridgehead atoms. The van der Waals surface area contributed by atoms with Gasteiger partial charge in [-0.1, -0.05) is 12.1 Å². The highest BCUT2D eigenvalue weighted by atomic mass is 16.7. The Bertz CT molecular complexity index is 974. The number of benzene rings is 2. The monoisotopic (exact) mass is 377 g/mol. The molecule has 0 radical (unpaired) electrons. The number of hydrogen-bond donors (Lipinski definition) is 0. The molecule has 144 valence electrons. The van der Waals surface area contributed by atoms with Crippen LogP contribution in [-0.2, 0) is 9.47 Å². The van der Waals surface area contributed by atoms with E-state index in [1.807, 2.05) is 42.5 Å². The van der Waals surface area contributed by atoms with Crippen molar-refractivity contribution in [1.29, 1.82) is 0 Å². The molecule has 0 atom stereocenters. The lowest BCUT2D eigenvalue weighted by Crippen LogP contribution is -2.45. The van der Waals surface area contributed by atoms with E-state index in [0.717, 1.165) is 59.8 Å². The molecule has 3 aromatic rings. The summed E-state index contributed by atoms with van der Waals surface area (Å²) in [6.45, 7) is 3.09. The van der Waals surface area contributed by atoms with Gasteiger partial charge in [-0.05, 0) is 36.4 Å². The number of hydrogen-bond acceptors (Lipinski definition) is 6. The average Bonchev–Trinajstić information content (AvgIpc) is 3.21. The molecule has 5 rings (SSSR count). The highest BCUT2D eigenvalue weighted by Crippen LogP contribution is 2.35. The van der Waals surface area contributed by atoms with Gasteiger partial charge in [0.25, 0.3) is 0 Å². The molecule has 0 amide bonds. The minimum absolute atomic E-state index is 0.391. The van der Waals surface area contributed by atoms with Crippen molar-refractivity contribution in [3.8, 4) is 17.1 Å². The van der Waals surface area contributed by atoms with Crippen LogP contribution in [0.15, 0.2) is 48.5 Å². The average molecular weight is 377 g/mol. The number of piperidine rings is 1. The van der Waals surface area contributed by atoms with Gasteiger partial charge in [-0.25, -0.2) is 9.97 Å². The van der Waals surface area contributed by atoms with Gasteiger partial charge in [0.2, 0.25) is 0 Å². The first kappa shape index (κ1) is 17.4. The number of ether oxygens (including phenoxy) is 3. The molecule has 28 heavy (non-hydrogen) atoms. The molecule has 2 aliphatic heterocycles. The molecule has 0 aliphatic carbocycles. The summed E-state index contributed by atoms with van der Waals surface area (Å²) in [5.74, 6) is 2.13. The van der Waals surface area contributed by atoms with Crippen LogP contribution < -0.4 is 9.64 Å². The Balaban J connectivity index is 1.52. The number of fused-ring (bicyclic) bond motifs is 1. The Hall–Kier alpha value is -2.70. The van der Waals surface area contributed by atoms with Gasteiger partial charge in [0, 0.05) is 36.9 Å². The number of para-hydroxylation sites is 1. The smallest absolute Gasteiger partial charge is 0.171 e. The molecule has 2 aliphatic rings. The van der Waals surface area contributed by atoms with Gasteiger partial charge in [-0.2, -0.15) is 0 Å². The molecular formula is C22H23N3O3. The number of methoxy groups -OCH3 is 1. The molecule has 2 aromatic carbocycles. The van der Waals surface area contributed by atoms with Crippen molar-refractivity contribution in [3.63, 3.8) is 0 Å². The van der Waals surface area contributed by atoms with Crippen LogP contribution in [0.3, 0.4) is 0 Å². The summed E-state index contributed by atoms with van der Waals surface area (Å²) in [6, 6.07) is 16.1. The van der Waals surface area contributed by atoms with Crippen molar-refractivity contribution in [1.82, 2.24) is 9.97 Å². The van der Waals surface area contributed by atoms with Crippen LogP contribution in [-0.4, -0.2) is 49.2 Å². The molecule has 0 unspecified atom stereocenters. The zero-order chi connectivity index (χ0) is 19.0. The summed E-state index contributed by atoms with van der Waals surface area (Å²) in [6.07, 6.45) is 1.70. The van der Waals surface area contributed by atoms with Crippen molar-refractivity contribution in [2.24, 2.45) is 0 Å². The van der Waals surface area contributed by atoms with E-state index in [-0.39, 0.29) is 0 Å². The third-order valence-corrected chi connectivity index (χ3v) is 5.57. The van der Waals surface area contributed by atoms with Gasteiger partial charge in [-0.15, -0.1) is 0 Å². The zero-order valence-corrected chi connectivity index (χ0v) is 15.9. The van der Waals surface area contributed by atoms with E-state index >= 15 is 0 Å². The molecular weight excluding hydrogens is 354 g/mol. The van der Waals surface area contributed by atoms with Gasteiger partial charge >= 0.3 is 0 Å². The van der Waals surface area contributed by atoms with Crippen LogP contribution in [0.1, 0.15) is 12.8 Å². The quantitative estimate of drug-likeness (QED) is 0.694. The molecule has 2 fully saturated rings. The molecule has 3 heterocycles. The maximum atomic E-state index is 5.87. The van der Waals surface area contributed by atoms with E-state index in [1.165, 1.54) is 0 Å². The molecule has 6 nitrogen and oxygen atoms in total. The Morgan fingerprint density at radius 2 is 1.64 bits per heavy atom. The highest BCUT2D eigenvalue weighted by molar-refractivity contribution is 5.91. The Labute approximate surface area is 164 Å². The number of rotatable bonds is 3. The second-order valence-corrected chi connectivity index (χ2v) is 7.21. The molecule has 1 spiro atoms. The summed E-state index contributed by atoms with van der Waals surface area (Å²) >= 11 is 0. The predicted octanol–water partition coefficient (Wildman–Crippen LogP) is 3.65. The van der Waals surface area contributed by atoms with Crippen molar-refractivity contribution in [2.45, 2.75) is 18.6 Å². The summed E-state index contributed by atoms with van der Waals surface area (Å²) in [5.41, 5.74) is 1.93. The summed E-state index contributed by atoms with van der Waals surface area (Å²) < 4.78 is 17.0. The largest absolute Gasteiger partial charge is 0.497 e. The first-order valence-corrected chi connectivity index (χ1v) is 9.70. The van der Waals surface area contributed by atoms with Crippen LogP contribution in [0.2, 0.25) is 0 Å². The first-order valence-electron chi connectivity index (χ1n) is 9.70.